The second-order valence-corrected chi connectivity index (χ2v) is 13.3. The molecule has 0 unspecified atom stereocenters. The third kappa shape index (κ3) is 6.99. The fraction of sp³-hybridized carbons (Fsp3) is 0.293. The minimum Gasteiger partial charge on any atom is -0.370 e. The highest BCUT2D eigenvalue weighted by Crippen LogP contribution is 2.37. The Bertz CT molecular complexity index is 2300. The van der Waals surface area contributed by atoms with Gasteiger partial charge in [0.05, 0.1) is 29.1 Å². The van der Waals surface area contributed by atoms with Crippen molar-refractivity contribution < 1.29 is 9.59 Å². The lowest BCUT2D eigenvalue weighted by molar-refractivity contribution is -0.121. The molecule has 4 N–H and O–H groups in total. The Kier molecular flexibility index (Phi) is 10.0. The normalized spacial score (nSPS) is 12.8. The molecule has 0 aromatic carbocycles. The summed E-state index contributed by atoms with van der Waals surface area (Å²) in [6.45, 7) is 20.4. The third-order valence-corrected chi connectivity index (χ3v) is 10.1. The van der Waals surface area contributed by atoms with Gasteiger partial charge in [-0.3, -0.25) is 9.59 Å². The first-order valence-corrected chi connectivity index (χ1v) is 17.4. The predicted octanol–water partition coefficient (Wildman–Crippen LogP) is 7.46. The summed E-state index contributed by atoms with van der Waals surface area (Å²) >= 11 is 0. The van der Waals surface area contributed by atoms with Gasteiger partial charge >= 0.3 is 0 Å². The Morgan fingerprint density at radius 3 is 2.25 bits per heavy atom. The zero-order valence-electron chi connectivity index (χ0n) is 30.2. The van der Waals surface area contributed by atoms with Crippen LogP contribution in [0, 0.1) is 20.8 Å². The summed E-state index contributed by atoms with van der Waals surface area (Å²) in [5.74, 6) is -0.378. The van der Waals surface area contributed by atoms with Crippen molar-refractivity contribution in [1.29, 1.82) is 0 Å². The van der Waals surface area contributed by atoms with Gasteiger partial charge < -0.3 is 25.2 Å². The topological polar surface area (TPSA) is 137 Å². The Morgan fingerprint density at radius 2 is 1.57 bits per heavy atom. The number of fused-ring (bicyclic) bond motifs is 8. The van der Waals surface area contributed by atoms with Crippen molar-refractivity contribution in [1.82, 2.24) is 34.4 Å². The number of nitrogens with one attached hydrogen (secondary N) is 2. The van der Waals surface area contributed by atoms with E-state index in [2.05, 4.69) is 85.8 Å². The number of hydrogen-bond donors (Lipinski definition) is 3. The number of nitrogens with two attached hydrogens (primary N) is 1. The molecule has 2 amide bonds. The SMILES string of the molecule is C=CC1=C(C)c2cc3[nH]c(cc4c(C)c(C)c(cc5nc(cc1n2)C(C)=C5CCC(=O)NCCCn1ccnc1)n4CCC(N)=O)c(C)c3C=C. The van der Waals surface area contributed by atoms with E-state index in [1.807, 2.05) is 29.0 Å². The van der Waals surface area contributed by atoms with Crippen LogP contribution in [0.25, 0.3) is 50.4 Å². The molecule has 8 bridgehead atoms. The molecule has 6 heterocycles. The summed E-state index contributed by atoms with van der Waals surface area (Å²) in [5, 5.41) is 3.07. The zero-order valence-corrected chi connectivity index (χ0v) is 30.2. The molecule has 2 aliphatic heterocycles. The lowest BCUT2D eigenvalue weighted by atomic mass is 10.00. The van der Waals surface area contributed by atoms with Gasteiger partial charge in [0.25, 0.3) is 0 Å². The quantitative estimate of drug-likeness (QED) is 0.133. The van der Waals surface area contributed by atoms with Crippen molar-refractivity contribution in [2.75, 3.05) is 6.54 Å². The highest BCUT2D eigenvalue weighted by molar-refractivity contribution is 5.99. The number of H-pyrrole nitrogens is 1. The first-order chi connectivity index (χ1) is 24.5. The number of nitrogens with zero attached hydrogens (tertiary/aromatic N) is 5. The molecule has 0 saturated carbocycles. The van der Waals surface area contributed by atoms with E-state index in [1.54, 1.807) is 12.5 Å². The molecule has 4 aromatic rings. The maximum Gasteiger partial charge on any atom is 0.220 e. The maximum atomic E-state index is 13.1. The molecule has 2 aliphatic rings. The summed E-state index contributed by atoms with van der Waals surface area (Å²) in [5.41, 5.74) is 20.8. The highest BCUT2D eigenvalue weighted by atomic mass is 16.1. The van der Waals surface area contributed by atoms with Gasteiger partial charge in [0.1, 0.15) is 0 Å². The largest absolute Gasteiger partial charge is 0.370 e. The van der Waals surface area contributed by atoms with Crippen LogP contribution in [0.1, 0.15) is 84.6 Å². The van der Waals surface area contributed by atoms with Gasteiger partial charge in [-0.2, -0.15) is 0 Å². The number of carbonyl (C=O) groups excluding carboxylic acids is 2. The average Bonchev–Trinajstić information content (AvgIpc) is 3.89. The van der Waals surface area contributed by atoms with Crippen molar-refractivity contribution in [2.24, 2.45) is 5.73 Å². The van der Waals surface area contributed by atoms with Crippen molar-refractivity contribution in [2.45, 2.75) is 73.4 Å². The summed E-state index contributed by atoms with van der Waals surface area (Å²) in [7, 11) is 0. The molecule has 0 aliphatic carbocycles. The summed E-state index contributed by atoms with van der Waals surface area (Å²) < 4.78 is 4.16. The van der Waals surface area contributed by atoms with Gasteiger partial charge in [0.15, 0.2) is 0 Å². The molecule has 10 heteroatoms. The second kappa shape index (κ2) is 14.6. The minimum absolute atomic E-state index is 0.00769. The van der Waals surface area contributed by atoms with Gasteiger partial charge in [-0.25, -0.2) is 15.0 Å². The Balaban J connectivity index is 1.53. The third-order valence-electron chi connectivity index (χ3n) is 10.1. The Hall–Kier alpha value is -5.77. The number of carbonyl (C=O) groups is 2. The van der Waals surface area contributed by atoms with Gasteiger partial charge in [0, 0.05) is 78.1 Å². The van der Waals surface area contributed by atoms with E-state index < -0.39 is 0 Å². The minimum atomic E-state index is -0.370. The van der Waals surface area contributed by atoms with Crippen LogP contribution in [0.2, 0.25) is 0 Å². The van der Waals surface area contributed by atoms with Crippen LogP contribution in [0.15, 0.2) is 62.2 Å². The number of rotatable bonds is 12. The fourth-order valence-electron chi connectivity index (χ4n) is 7.01. The molecule has 6 rings (SSSR count). The molecule has 0 fully saturated rings. The summed E-state index contributed by atoms with van der Waals surface area (Å²) in [6.07, 6.45) is 11.0. The lowest BCUT2D eigenvalue weighted by Gasteiger charge is -2.09. The lowest BCUT2D eigenvalue weighted by Crippen LogP contribution is -2.24. The predicted molar refractivity (Wildman–Crippen MR) is 207 cm³/mol. The van der Waals surface area contributed by atoms with E-state index in [9.17, 15) is 9.59 Å². The first-order valence-electron chi connectivity index (χ1n) is 17.4. The van der Waals surface area contributed by atoms with Gasteiger partial charge in [-0.05, 0) is 105 Å². The van der Waals surface area contributed by atoms with Crippen LogP contribution in [0.4, 0.5) is 0 Å². The fourth-order valence-corrected chi connectivity index (χ4v) is 7.01. The van der Waals surface area contributed by atoms with Gasteiger partial charge in [0.2, 0.25) is 11.8 Å². The number of aromatic amines is 1. The molecule has 0 atom stereocenters. The van der Waals surface area contributed by atoms with Crippen LogP contribution in [0.5, 0.6) is 0 Å². The van der Waals surface area contributed by atoms with Crippen LogP contribution in [-0.4, -0.2) is 47.4 Å². The number of aryl methyl sites for hydroxylation is 5. The summed E-state index contributed by atoms with van der Waals surface area (Å²) in [6, 6.07) is 8.31. The van der Waals surface area contributed by atoms with E-state index in [1.165, 1.54) is 0 Å². The molecule has 0 saturated heterocycles. The monoisotopic (exact) mass is 682 g/mol. The molecule has 4 aromatic heterocycles. The molecular formula is C41H46N8O2. The number of imidazole rings is 1. The van der Waals surface area contributed by atoms with E-state index in [0.717, 1.165) is 102 Å². The van der Waals surface area contributed by atoms with Crippen molar-refractivity contribution in [3.63, 3.8) is 0 Å². The van der Waals surface area contributed by atoms with Crippen LogP contribution in [0.3, 0.4) is 0 Å². The van der Waals surface area contributed by atoms with Crippen molar-refractivity contribution in [3.8, 4) is 0 Å². The Morgan fingerprint density at radius 1 is 0.843 bits per heavy atom. The van der Waals surface area contributed by atoms with Gasteiger partial charge in [-0.1, -0.05) is 25.3 Å². The molecular weight excluding hydrogens is 637 g/mol. The van der Waals surface area contributed by atoms with E-state index in [0.29, 0.717) is 25.9 Å². The molecule has 10 nitrogen and oxygen atoms in total. The first kappa shape index (κ1) is 35.1. The smallest absolute Gasteiger partial charge is 0.220 e. The van der Waals surface area contributed by atoms with E-state index >= 15 is 0 Å². The van der Waals surface area contributed by atoms with Crippen molar-refractivity contribution >= 4 is 62.2 Å². The number of amides is 2. The van der Waals surface area contributed by atoms with Crippen molar-refractivity contribution in [3.05, 3.63) is 107 Å². The van der Waals surface area contributed by atoms with E-state index in [-0.39, 0.29) is 18.2 Å². The van der Waals surface area contributed by atoms with Crippen LogP contribution in [-0.2, 0) is 22.7 Å². The molecule has 262 valence electrons. The molecule has 51 heavy (non-hydrogen) atoms. The molecule has 0 spiro atoms. The number of aromatic nitrogens is 6. The van der Waals surface area contributed by atoms with E-state index in [4.69, 9.17) is 15.7 Å². The Labute approximate surface area is 298 Å². The molecule has 0 radical (unpaired) electrons. The number of hydrogen-bond acceptors (Lipinski definition) is 5. The van der Waals surface area contributed by atoms with Crippen LogP contribution >= 0.6 is 0 Å². The average molecular weight is 683 g/mol. The number of primary amides is 1. The number of allylic oxidation sites excluding steroid dienone is 5. The summed E-state index contributed by atoms with van der Waals surface area (Å²) in [4.78, 5) is 43.1. The maximum absolute atomic E-state index is 13.1. The van der Waals surface area contributed by atoms with Gasteiger partial charge in [-0.15, -0.1) is 0 Å². The van der Waals surface area contributed by atoms with Crippen LogP contribution < -0.4 is 11.1 Å². The second-order valence-electron chi connectivity index (χ2n) is 13.3. The standard InChI is InChI=1S/C41H46N8O2/c1-8-29-26(5)32-19-36-30(9-2)27(6)34(47-36)21-38-24(3)25(4)39(49(38)17-13-40(42)50)22-37-31(28(7)33(46-37)20-35(29)45-32)11-12-41(51)44-14-10-16-48-18-15-43-23-48/h8-9,15,18-23,47H,1-2,10-14,16-17H2,3-7H3,(H2,42,50)(H,44,51). The highest BCUT2D eigenvalue weighted by Gasteiger charge is 2.22. The zero-order chi connectivity index (χ0) is 36.4.